The Kier molecular flexibility index (Phi) is 4.64. The van der Waals surface area contributed by atoms with E-state index < -0.39 is 22.7 Å². The molecule has 2 spiro atoms. The fourth-order valence-electron chi connectivity index (χ4n) is 12.7. The van der Waals surface area contributed by atoms with Crippen molar-refractivity contribution in [2.45, 2.75) is 143 Å². The molecule has 0 aromatic carbocycles. The van der Waals surface area contributed by atoms with Gasteiger partial charge in [0.15, 0.2) is 5.60 Å². The van der Waals surface area contributed by atoms with Crippen molar-refractivity contribution in [1.82, 2.24) is 0 Å². The van der Waals surface area contributed by atoms with Crippen molar-refractivity contribution in [2.24, 2.45) is 44.3 Å². The molecule has 2 bridgehead atoms. The first-order chi connectivity index (χ1) is 17.5. The van der Waals surface area contributed by atoms with Crippen LogP contribution in [0.5, 0.6) is 0 Å². The van der Waals surface area contributed by atoms with Gasteiger partial charge in [-0.1, -0.05) is 48.5 Å². The first kappa shape index (κ1) is 25.8. The summed E-state index contributed by atoms with van der Waals surface area (Å²) in [5, 5.41) is 12.5. The number of ether oxygens (including phenoxy) is 3. The van der Waals surface area contributed by atoms with Crippen molar-refractivity contribution >= 4 is 11.9 Å². The van der Waals surface area contributed by atoms with Crippen molar-refractivity contribution in [3.05, 3.63) is 0 Å². The summed E-state index contributed by atoms with van der Waals surface area (Å²) in [5.74, 6) is 0.0670. The number of carbonyl (C=O) groups is 2. The maximum absolute atomic E-state index is 13.8. The van der Waals surface area contributed by atoms with Gasteiger partial charge < -0.3 is 19.3 Å². The van der Waals surface area contributed by atoms with Gasteiger partial charge in [-0.2, -0.15) is 0 Å². The van der Waals surface area contributed by atoms with Gasteiger partial charge in [0.05, 0.1) is 5.41 Å². The topological polar surface area (TPSA) is 85.4 Å². The molecule has 212 valence electrons. The van der Waals surface area contributed by atoms with E-state index in [1.807, 2.05) is 0 Å². The molecule has 5 saturated carbocycles. The van der Waals surface area contributed by atoms with Crippen LogP contribution in [-0.2, 0) is 23.8 Å². The third-order valence-corrected chi connectivity index (χ3v) is 14.7. The molecule has 7 rings (SSSR count). The molecule has 0 unspecified atom stereocenters. The van der Waals surface area contributed by atoms with Gasteiger partial charge in [-0.15, -0.1) is 0 Å². The Morgan fingerprint density at radius 1 is 0.895 bits per heavy atom. The van der Waals surface area contributed by atoms with E-state index in [0.29, 0.717) is 5.92 Å². The standard InChI is InChI=1S/C32H48O6/c1-18(33)36-21-10-11-27(6)19(26(21,4)5)9-12-29(8)28(7)14-16-30-15-13-25(2,3)17-20(30)31(28,38-24(30)35)22(34)23-32(27,29)37-23/h19-23,34H,9-17H2,1-8H3/t19-,20+,21-,22-,23+,27-,28-,29-,30-,31+,32-/m0/s1. The van der Waals surface area contributed by atoms with Crippen LogP contribution in [0.2, 0.25) is 0 Å². The van der Waals surface area contributed by atoms with Gasteiger partial charge in [0.25, 0.3) is 0 Å². The van der Waals surface area contributed by atoms with Gasteiger partial charge in [0.1, 0.15) is 23.9 Å². The highest BCUT2D eigenvalue weighted by Gasteiger charge is 2.94. The molecule has 2 aliphatic heterocycles. The lowest BCUT2D eigenvalue weighted by molar-refractivity contribution is -0.298. The first-order valence-corrected chi connectivity index (χ1v) is 15.3. The average molecular weight is 529 g/mol. The van der Waals surface area contributed by atoms with E-state index in [9.17, 15) is 14.7 Å². The molecular formula is C32H48O6. The summed E-state index contributed by atoms with van der Waals surface area (Å²) >= 11 is 0. The Morgan fingerprint density at radius 2 is 1.58 bits per heavy atom. The number of fused-ring (bicyclic) bond motifs is 2. The first-order valence-electron chi connectivity index (χ1n) is 15.3. The zero-order valence-electron chi connectivity index (χ0n) is 24.7. The van der Waals surface area contributed by atoms with Crippen LogP contribution in [0.25, 0.3) is 0 Å². The number of epoxide rings is 1. The maximum atomic E-state index is 13.8. The zero-order chi connectivity index (χ0) is 27.5. The molecule has 1 N–H and O–H groups in total. The van der Waals surface area contributed by atoms with E-state index in [1.54, 1.807) is 0 Å². The quantitative estimate of drug-likeness (QED) is 0.353. The van der Waals surface area contributed by atoms with Crippen LogP contribution in [0, 0.1) is 44.3 Å². The molecule has 2 saturated heterocycles. The number of esters is 2. The van der Waals surface area contributed by atoms with Gasteiger partial charge in [-0.3, -0.25) is 9.59 Å². The maximum Gasteiger partial charge on any atom is 0.313 e. The van der Waals surface area contributed by atoms with E-state index in [4.69, 9.17) is 14.2 Å². The predicted octanol–water partition coefficient (Wildman–Crippen LogP) is 5.58. The summed E-state index contributed by atoms with van der Waals surface area (Å²) in [6.07, 6.45) is 6.99. The van der Waals surface area contributed by atoms with E-state index in [2.05, 4.69) is 48.5 Å². The highest BCUT2D eigenvalue weighted by Crippen LogP contribution is 2.86. The molecular weight excluding hydrogens is 480 g/mol. The Bertz CT molecular complexity index is 1130. The molecule has 0 amide bonds. The van der Waals surface area contributed by atoms with Gasteiger partial charge in [-0.05, 0) is 69.1 Å². The number of hydrogen-bond acceptors (Lipinski definition) is 6. The van der Waals surface area contributed by atoms with Gasteiger partial charge >= 0.3 is 11.9 Å². The van der Waals surface area contributed by atoms with E-state index in [0.717, 1.165) is 57.8 Å². The van der Waals surface area contributed by atoms with Crippen LogP contribution in [0.3, 0.4) is 0 Å². The van der Waals surface area contributed by atoms with Crippen LogP contribution in [0.4, 0.5) is 0 Å². The highest BCUT2D eigenvalue weighted by molar-refractivity contribution is 5.82. The molecule has 7 aliphatic rings. The van der Waals surface area contributed by atoms with Gasteiger partial charge in [0, 0.05) is 34.5 Å². The largest absolute Gasteiger partial charge is 0.462 e. The third-order valence-electron chi connectivity index (χ3n) is 14.7. The van der Waals surface area contributed by atoms with Crippen molar-refractivity contribution in [3.63, 3.8) is 0 Å². The number of aliphatic hydroxyl groups is 1. The van der Waals surface area contributed by atoms with Crippen molar-refractivity contribution in [3.8, 4) is 0 Å². The van der Waals surface area contributed by atoms with Crippen LogP contribution in [-0.4, -0.2) is 46.6 Å². The van der Waals surface area contributed by atoms with E-state index >= 15 is 0 Å². The molecule has 5 aliphatic carbocycles. The highest BCUT2D eigenvalue weighted by atomic mass is 16.6. The van der Waals surface area contributed by atoms with Crippen LogP contribution in [0.1, 0.15) is 113 Å². The number of rotatable bonds is 1. The molecule has 7 fully saturated rings. The fourth-order valence-corrected chi connectivity index (χ4v) is 12.7. The van der Waals surface area contributed by atoms with Crippen molar-refractivity contribution < 1.29 is 28.9 Å². The summed E-state index contributed by atoms with van der Waals surface area (Å²) in [5.41, 5.74) is -2.68. The van der Waals surface area contributed by atoms with Crippen molar-refractivity contribution in [1.29, 1.82) is 0 Å². The van der Waals surface area contributed by atoms with Crippen LogP contribution >= 0.6 is 0 Å². The molecule has 2 heterocycles. The molecule has 38 heavy (non-hydrogen) atoms. The summed E-state index contributed by atoms with van der Waals surface area (Å²) < 4.78 is 19.5. The number of hydrogen-bond donors (Lipinski definition) is 1. The summed E-state index contributed by atoms with van der Waals surface area (Å²) in [6, 6.07) is 0. The summed E-state index contributed by atoms with van der Waals surface area (Å²) in [7, 11) is 0. The lowest BCUT2D eigenvalue weighted by Crippen LogP contribution is -2.79. The van der Waals surface area contributed by atoms with E-state index in [1.165, 1.54) is 6.92 Å². The van der Waals surface area contributed by atoms with Gasteiger partial charge in [-0.25, -0.2) is 0 Å². The fraction of sp³-hybridized carbons (Fsp3) is 0.938. The lowest BCUT2D eigenvalue weighted by atomic mass is 9.30. The summed E-state index contributed by atoms with van der Waals surface area (Å²) in [6.45, 7) is 17.8. The van der Waals surface area contributed by atoms with Crippen LogP contribution in [0.15, 0.2) is 0 Å². The molecule has 6 nitrogen and oxygen atoms in total. The summed E-state index contributed by atoms with van der Waals surface area (Å²) in [4.78, 5) is 25.8. The normalized spacial score (nSPS) is 58.8. The second-order valence-electron chi connectivity index (χ2n) is 16.6. The van der Waals surface area contributed by atoms with Crippen LogP contribution < -0.4 is 0 Å². The van der Waals surface area contributed by atoms with Crippen molar-refractivity contribution in [2.75, 3.05) is 0 Å². The molecule has 0 radical (unpaired) electrons. The number of aliphatic hydroxyl groups excluding tert-OH is 1. The minimum atomic E-state index is -0.896. The monoisotopic (exact) mass is 528 g/mol. The Labute approximate surface area is 227 Å². The Balaban J connectivity index is 1.36. The number of carbonyl (C=O) groups excluding carboxylic acids is 2. The minimum Gasteiger partial charge on any atom is -0.462 e. The predicted molar refractivity (Wildman–Crippen MR) is 141 cm³/mol. The smallest absolute Gasteiger partial charge is 0.313 e. The zero-order valence-corrected chi connectivity index (χ0v) is 24.7. The SMILES string of the molecule is CC(=O)O[C@H]1CC[C@@]2(C)[C@@H](CC[C@@]3(C)[C@]4(C)CC[C@@]56CCC(C)(C)C[C@H]5[C@@]4(OC6=O)[C@@H](O)[C@H]4O[C@]432)C1(C)C. The molecule has 0 aromatic heterocycles. The minimum absolute atomic E-state index is 0.0284. The molecule has 6 heteroatoms. The molecule has 11 atom stereocenters. The second-order valence-corrected chi connectivity index (χ2v) is 16.6. The Hall–Kier alpha value is -1.14. The average Bonchev–Trinajstić information content (AvgIpc) is 3.54. The lowest BCUT2D eigenvalue weighted by Gasteiger charge is -2.73. The molecule has 0 aromatic rings. The van der Waals surface area contributed by atoms with E-state index in [-0.39, 0.29) is 57.1 Å². The Morgan fingerprint density at radius 3 is 2.26 bits per heavy atom. The van der Waals surface area contributed by atoms with Gasteiger partial charge in [0.2, 0.25) is 0 Å². The second kappa shape index (κ2) is 6.83. The third kappa shape index (κ3) is 2.37.